The summed E-state index contributed by atoms with van der Waals surface area (Å²) < 4.78 is 0. The van der Waals surface area contributed by atoms with E-state index in [1.54, 1.807) is 13.0 Å². The molecule has 0 saturated carbocycles. The normalized spacial score (nSPS) is 16.1. The van der Waals surface area contributed by atoms with Crippen LogP contribution >= 0.6 is 0 Å². The summed E-state index contributed by atoms with van der Waals surface area (Å²) in [6.45, 7) is 3.72. The molecular weight excluding hydrogens is 188 g/mol. The molecule has 1 atom stereocenters. The van der Waals surface area contributed by atoms with Crippen molar-refractivity contribution in [2.24, 2.45) is 0 Å². The Hall–Kier alpha value is -1.12. The first-order chi connectivity index (χ1) is 7.06. The first-order valence-electron chi connectivity index (χ1n) is 5.10. The van der Waals surface area contributed by atoms with Crippen LogP contribution in [-0.4, -0.2) is 16.8 Å². The highest BCUT2D eigenvalue weighted by Crippen LogP contribution is 2.27. The number of hydrogen-bond donors (Lipinski definition) is 2. The lowest BCUT2D eigenvalue weighted by atomic mass is 9.89. The van der Waals surface area contributed by atoms with Crippen molar-refractivity contribution in [2.75, 3.05) is 6.61 Å². The van der Waals surface area contributed by atoms with Gasteiger partial charge in [-0.1, -0.05) is 42.0 Å². The highest BCUT2D eigenvalue weighted by Gasteiger charge is 2.22. The predicted molar refractivity (Wildman–Crippen MR) is 61.5 cm³/mol. The molecule has 1 aromatic rings. The van der Waals surface area contributed by atoms with Gasteiger partial charge < -0.3 is 10.2 Å². The van der Waals surface area contributed by atoms with Gasteiger partial charge in [-0.2, -0.15) is 0 Å². The molecule has 0 aromatic heterocycles. The number of benzene rings is 1. The van der Waals surface area contributed by atoms with E-state index in [0.717, 1.165) is 11.1 Å². The maximum Gasteiger partial charge on any atom is 0.0905 e. The Morgan fingerprint density at radius 1 is 1.33 bits per heavy atom. The fraction of sp³-hybridized carbons (Fsp3) is 0.385. The Morgan fingerprint density at radius 2 is 1.93 bits per heavy atom. The third-order valence-electron chi connectivity index (χ3n) is 2.46. The molecule has 0 heterocycles. The molecule has 0 fully saturated rings. The van der Waals surface area contributed by atoms with Crippen LogP contribution in [0.4, 0.5) is 0 Å². The van der Waals surface area contributed by atoms with E-state index in [9.17, 15) is 5.11 Å². The molecule has 0 radical (unpaired) electrons. The van der Waals surface area contributed by atoms with Crippen molar-refractivity contribution >= 4 is 0 Å². The first-order valence-corrected chi connectivity index (χ1v) is 5.10. The topological polar surface area (TPSA) is 40.5 Å². The van der Waals surface area contributed by atoms with E-state index in [1.165, 1.54) is 0 Å². The van der Waals surface area contributed by atoms with Crippen LogP contribution in [0.3, 0.4) is 0 Å². The average molecular weight is 206 g/mol. The number of aliphatic hydroxyl groups excluding tert-OH is 1. The molecule has 1 rings (SSSR count). The van der Waals surface area contributed by atoms with Gasteiger partial charge in [0.25, 0.3) is 0 Å². The van der Waals surface area contributed by atoms with Gasteiger partial charge in [-0.05, 0) is 19.4 Å². The van der Waals surface area contributed by atoms with Crippen molar-refractivity contribution < 1.29 is 10.2 Å². The molecule has 0 aliphatic carbocycles. The third-order valence-corrected chi connectivity index (χ3v) is 2.46. The van der Waals surface area contributed by atoms with E-state index < -0.39 is 5.60 Å². The highest BCUT2D eigenvalue weighted by molar-refractivity contribution is 5.23. The van der Waals surface area contributed by atoms with Crippen molar-refractivity contribution in [3.05, 3.63) is 47.5 Å². The molecule has 15 heavy (non-hydrogen) atoms. The molecule has 2 heteroatoms. The van der Waals surface area contributed by atoms with Crippen LogP contribution in [-0.2, 0) is 5.60 Å². The lowest BCUT2D eigenvalue weighted by Crippen LogP contribution is -2.21. The number of rotatable bonds is 4. The Balaban J connectivity index is 2.80. The SMILES string of the molecule is C/C(=C/CO)CC(C)(O)c1ccccc1. The van der Waals surface area contributed by atoms with Gasteiger partial charge in [-0.15, -0.1) is 0 Å². The summed E-state index contributed by atoms with van der Waals surface area (Å²) in [6.07, 6.45) is 2.26. The zero-order valence-electron chi connectivity index (χ0n) is 9.27. The Labute approximate surface area is 90.9 Å². The Morgan fingerprint density at radius 3 is 2.47 bits per heavy atom. The van der Waals surface area contributed by atoms with E-state index in [2.05, 4.69) is 0 Å². The standard InChI is InChI=1S/C13H18O2/c1-11(8-9-14)10-13(2,15)12-6-4-3-5-7-12/h3-8,14-15H,9-10H2,1-2H3/b11-8-. The van der Waals surface area contributed by atoms with Crippen LogP contribution < -0.4 is 0 Å². The summed E-state index contributed by atoms with van der Waals surface area (Å²) >= 11 is 0. The van der Waals surface area contributed by atoms with Crippen LogP contribution in [0.25, 0.3) is 0 Å². The quantitative estimate of drug-likeness (QED) is 0.742. The molecule has 0 aliphatic rings. The second-order valence-corrected chi connectivity index (χ2v) is 4.05. The Bertz CT molecular complexity index is 326. The van der Waals surface area contributed by atoms with Gasteiger partial charge in [0.2, 0.25) is 0 Å². The van der Waals surface area contributed by atoms with E-state index in [4.69, 9.17) is 5.11 Å². The van der Waals surface area contributed by atoms with Crippen molar-refractivity contribution in [1.29, 1.82) is 0 Å². The van der Waals surface area contributed by atoms with Gasteiger partial charge in [0.1, 0.15) is 0 Å². The lowest BCUT2D eigenvalue weighted by Gasteiger charge is -2.24. The second-order valence-electron chi connectivity index (χ2n) is 4.05. The smallest absolute Gasteiger partial charge is 0.0905 e. The van der Waals surface area contributed by atoms with Crippen molar-refractivity contribution in [3.63, 3.8) is 0 Å². The summed E-state index contributed by atoms with van der Waals surface area (Å²) in [5.41, 5.74) is 1.03. The Kier molecular flexibility index (Phi) is 4.06. The molecule has 0 spiro atoms. The lowest BCUT2D eigenvalue weighted by molar-refractivity contribution is 0.0575. The monoisotopic (exact) mass is 206 g/mol. The van der Waals surface area contributed by atoms with Gasteiger partial charge >= 0.3 is 0 Å². The highest BCUT2D eigenvalue weighted by atomic mass is 16.3. The van der Waals surface area contributed by atoms with E-state index in [0.29, 0.717) is 6.42 Å². The number of aliphatic hydroxyl groups is 2. The summed E-state index contributed by atoms with van der Waals surface area (Å²) in [4.78, 5) is 0. The van der Waals surface area contributed by atoms with Crippen molar-refractivity contribution in [2.45, 2.75) is 25.9 Å². The van der Waals surface area contributed by atoms with Gasteiger partial charge in [0.15, 0.2) is 0 Å². The van der Waals surface area contributed by atoms with E-state index in [1.807, 2.05) is 37.3 Å². The molecule has 1 aromatic carbocycles. The van der Waals surface area contributed by atoms with Crippen LogP contribution in [0.5, 0.6) is 0 Å². The third kappa shape index (κ3) is 3.50. The first kappa shape index (κ1) is 12.0. The molecule has 2 N–H and O–H groups in total. The maximum absolute atomic E-state index is 10.3. The van der Waals surface area contributed by atoms with E-state index >= 15 is 0 Å². The summed E-state index contributed by atoms with van der Waals surface area (Å²) in [7, 11) is 0. The minimum atomic E-state index is -0.864. The zero-order valence-corrected chi connectivity index (χ0v) is 9.27. The molecule has 1 unspecified atom stereocenters. The van der Waals surface area contributed by atoms with Gasteiger partial charge in [-0.3, -0.25) is 0 Å². The fourth-order valence-electron chi connectivity index (χ4n) is 1.67. The zero-order chi connectivity index (χ0) is 11.3. The van der Waals surface area contributed by atoms with Crippen LogP contribution in [0.2, 0.25) is 0 Å². The van der Waals surface area contributed by atoms with Crippen molar-refractivity contribution in [1.82, 2.24) is 0 Å². The van der Waals surface area contributed by atoms with Crippen LogP contribution in [0.1, 0.15) is 25.8 Å². The predicted octanol–water partition coefficient (Wildman–Crippen LogP) is 2.22. The van der Waals surface area contributed by atoms with Gasteiger partial charge in [0, 0.05) is 6.42 Å². The molecule has 0 saturated heterocycles. The molecule has 0 bridgehead atoms. The molecular formula is C13H18O2. The largest absolute Gasteiger partial charge is 0.392 e. The minimum absolute atomic E-state index is 0.0245. The van der Waals surface area contributed by atoms with Crippen LogP contribution in [0, 0.1) is 0 Å². The summed E-state index contributed by atoms with van der Waals surface area (Å²) in [6, 6.07) is 9.57. The van der Waals surface area contributed by atoms with E-state index in [-0.39, 0.29) is 6.61 Å². The summed E-state index contributed by atoms with van der Waals surface area (Å²) in [5.74, 6) is 0. The van der Waals surface area contributed by atoms with Crippen LogP contribution in [0.15, 0.2) is 42.0 Å². The minimum Gasteiger partial charge on any atom is -0.392 e. The molecule has 0 aliphatic heterocycles. The van der Waals surface area contributed by atoms with Gasteiger partial charge in [-0.25, -0.2) is 0 Å². The summed E-state index contributed by atoms with van der Waals surface area (Å²) in [5, 5.41) is 19.0. The average Bonchev–Trinajstić information content (AvgIpc) is 2.18. The number of hydrogen-bond acceptors (Lipinski definition) is 2. The fourth-order valence-corrected chi connectivity index (χ4v) is 1.67. The molecule has 82 valence electrons. The molecule has 2 nitrogen and oxygen atoms in total. The molecule has 0 amide bonds. The second kappa shape index (κ2) is 5.10. The maximum atomic E-state index is 10.3. The van der Waals surface area contributed by atoms with Gasteiger partial charge in [0.05, 0.1) is 12.2 Å². The van der Waals surface area contributed by atoms with Crippen molar-refractivity contribution in [3.8, 4) is 0 Å².